The number of nitrogens with two attached hydrogens (primary N) is 1. The molecule has 1 aromatic heterocycles. The maximum Gasteiger partial charge on any atom is 0.214 e. The lowest BCUT2D eigenvalue weighted by Gasteiger charge is -2.05. The highest BCUT2D eigenvalue weighted by Gasteiger charge is 2.02. The van der Waals surface area contributed by atoms with Gasteiger partial charge in [-0.25, -0.2) is 4.98 Å². The fourth-order valence-corrected chi connectivity index (χ4v) is 1.12. The summed E-state index contributed by atoms with van der Waals surface area (Å²) in [6.45, 7) is 4.38. The number of rotatable bonds is 3. The van der Waals surface area contributed by atoms with Gasteiger partial charge in [-0.2, -0.15) is 0 Å². The Balaban J connectivity index is 3.03. The molecule has 13 heavy (non-hydrogen) atoms. The van der Waals surface area contributed by atoms with E-state index in [2.05, 4.69) is 4.98 Å². The van der Waals surface area contributed by atoms with Crippen LogP contribution in [0.4, 0.5) is 0 Å². The molecule has 0 bridgehead atoms. The van der Waals surface area contributed by atoms with Crippen LogP contribution in [0.5, 0.6) is 5.88 Å². The highest BCUT2D eigenvalue weighted by Crippen LogP contribution is 2.12. The van der Waals surface area contributed by atoms with Gasteiger partial charge < -0.3 is 10.5 Å². The molecule has 0 aromatic carbocycles. The summed E-state index contributed by atoms with van der Waals surface area (Å²) in [5.74, 6) is 0.574. The Kier molecular flexibility index (Phi) is 3.19. The molecule has 1 aromatic rings. The maximum atomic E-state index is 5.50. The Morgan fingerprint density at radius 1 is 1.62 bits per heavy atom. The largest absolute Gasteiger partial charge is 0.478 e. The first-order chi connectivity index (χ1) is 6.13. The first-order valence-corrected chi connectivity index (χ1v) is 4.45. The molecule has 0 saturated heterocycles. The Labute approximate surface area is 82.9 Å². The van der Waals surface area contributed by atoms with Gasteiger partial charge in [-0.05, 0) is 19.9 Å². The Morgan fingerprint density at radius 2 is 2.31 bits per heavy atom. The lowest BCUT2D eigenvalue weighted by molar-refractivity contribution is 0.326. The lowest BCUT2D eigenvalue weighted by atomic mass is 10.2. The van der Waals surface area contributed by atoms with Crippen molar-refractivity contribution in [3.63, 3.8) is 0 Å². The molecule has 0 aliphatic heterocycles. The van der Waals surface area contributed by atoms with Gasteiger partial charge in [0.2, 0.25) is 5.88 Å². The minimum atomic E-state index is 0.367. The van der Waals surface area contributed by atoms with E-state index in [0.717, 1.165) is 11.3 Å². The van der Waals surface area contributed by atoms with E-state index in [-0.39, 0.29) is 0 Å². The van der Waals surface area contributed by atoms with Crippen molar-refractivity contribution in [2.24, 2.45) is 5.73 Å². The van der Waals surface area contributed by atoms with Crippen molar-refractivity contribution in [2.75, 3.05) is 6.61 Å². The summed E-state index contributed by atoms with van der Waals surface area (Å²) < 4.78 is 5.25. The van der Waals surface area contributed by atoms with E-state index in [1.54, 1.807) is 6.07 Å². The molecule has 0 unspecified atom stereocenters. The summed E-state index contributed by atoms with van der Waals surface area (Å²) in [6, 6.07) is 3.59. The van der Waals surface area contributed by atoms with Gasteiger partial charge in [0.15, 0.2) is 0 Å². The predicted octanol–water partition coefficient (Wildman–Crippen LogP) is 1.42. The number of thiocarbonyl (C=S) groups is 1. The first kappa shape index (κ1) is 9.92. The highest BCUT2D eigenvalue weighted by molar-refractivity contribution is 7.80. The van der Waals surface area contributed by atoms with E-state index in [9.17, 15) is 0 Å². The van der Waals surface area contributed by atoms with Gasteiger partial charge in [0.25, 0.3) is 0 Å². The number of pyridine rings is 1. The third-order valence-electron chi connectivity index (χ3n) is 1.51. The van der Waals surface area contributed by atoms with Crippen molar-refractivity contribution in [3.8, 4) is 5.88 Å². The van der Waals surface area contributed by atoms with Crippen LogP contribution in [0.25, 0.3) is 0 Å². The van der Waals surface area contributed by atoms with Crippen LogP contribution in [-0.2, 0) is 0 Å². The minimum Gasteiger partial charge on any atom is -0.478 e. The molecule has 0 amide bonds. The zero-order chi connectivity index (χ0) is 9.84. The molecule has 70 valence electrons. The Bertz CT molecular complexity index is 325. The predicted molar refractivity (Wildman–Crippen MR) is 56.0 cm³/mol. The molecule has 3 nitrogen and oxygen atoms in total. The van der Waals surface area contributed by atoms with Crippen LogP contribution in [0, 0.1) is 6.92 Å². The summed E-state index contributed by atoms with van der Waals surface area (Å²) >= 11 is 4.86. The second-order valence-electron chi connectivity index (χ2n) is 2.63. The van der Waals surface area contributed by atoms with Gasteiger partial charge in [0, 0.05) is 17.3 Å². The molecule has 0 aliphatic carbocycles. The number of hydrogen-bond donors (Lipinski definition) is 1. The first-order valence-electron chi connectivity index (χ1n) is 4.04. The van der Waals surface area contributed by atoms with Gasteiger partial charge in [-0.15, -0.1) is 0 Å². The number of hydrogen-bond acceptors (Lipinski definition) is 3. The van der Waals surface area contributed by atoms with Crippen LogP contribution in [0.1, 0.15) is 18.2 Å². The number of aryl methyl sites for hydroxylation is 1. The van der Waals surface area contributed by atoms with Crippen molar-refractivity contribution in [3.05, 3.63) is 23.4 Å². The summed E-state index contributed by atoms with van der Waals surface area (Å²) in [4.78, 5) is 4.54. The van der Waals surface area contributed by atoms with Crippen LogP contribution >= 0.6 is 12.2 Å². The molecule has 0 atom stereocenters. The second-order valence-corrected chi connectivity index (χ2v) is 3.07. The van der Waals surface area contributed by atoms with Gasteiger partial charge in [0.1, 0.15) is 4.99 Å². The van der Waals surface area contributed by atoms with Crippen LogP contribution in [0.3, 0.4) is 0 Å². The third-order valence-corrected chi connectivity index (χ3v) is 1.74. The normalized spacial score (nSPS) is 9.69. The van der Waals surface area contributed by atoms with E-state index < -0.39 is 0 Å². The highest BCUT2D eigenvalue weighted by atomic mass is 32.1. The summed E-state index contributed by atoms with van der Waals surface area (Å²) in [5, 5.41) is 0. The molecule has 4 heteroatoms. The maximum absolute atomic E-state index is 5.50. The third kappa shape index (κ3) is 2.66. The van der Waals surface area contributed by atoms with Crippen molar-refractivity contribution < 1.29 is 4.74 Å². The standard InChI is InChI=1S/C9H12N2OS/c1-3-12-8-5-7(9(10)13)4-6(2)11-8/h4-5H,3H2,1-2H3,(H2,10,13). The minimum absolute atomic E-state index is 0.367. The van der Waals surface area contributed by atoms with Crippen molar-refractivity contribution >= 4 is 17.2 Å². The van der Waals surface area contributed by atoms with Gasteiger partial charge >= 0.3 is 0 Å². The molecule has 0 aliphatic rings. The van der Waals surface area contributed by atoms with Gasteiger partial charge in [-0.1, -0.05) is 12.2 Å². The van der Waals surface area contributed by atoms with Crippen molar-refractivity contribution in [1.82, 2.24) is 4.98 Å². The molecule has 2 N–H and O–H groups in total. The van der Waals surface area contributed by atoms with Crippen LogP contribution < -0.4 is 10.5 Å². The molecule has 1 heterocycles. The van der Waals surface area contributed by atoms with Crippen molar-refractivity contribution in [2.45, 2.75) is 13.8 Å². The monoisotopic (exact) mass is 196 g/mol. The Morgan fingerprint density at radius 3 is 2.85 bits per heavy atom. The Hall–Kier alpha value is -1.16. The summed E-state index contributed by atoms with van der Waals surface area (Å²) in [5.41, 5.74) is 7.15. The van der Waals surface area contributed by atoms with E-state index in [1.807, 2.05) is 19.9 Å². The van der Waals surface area contributed by atoms with Crippen LogP contribution in [0.15, 0.2) is 12.1 Å². The fraction of sp³-hybridized carbons (Fsp3) is 0.333. The SMILES string of the molecule is CCOc1cc(C(N)=S)cc(C)n1. The topological polar surface area (TPSA) is 48.1 Å². The molecule has 0 spiro atoms. The average Bonchev–Trinajstić information content (AvgIpc) is 2.03. The quantitative estimate of drug-likeness (QED) is 0.743. The zero-order valence-corrected chi connectivity index (χ0v) is 8.52. The molecule has 1 rings (SSSR count). The van der Waals surface area contributed by atoms with Crippen LogP contribution in [0.2, 0.25) is 0 Å². The summed E-state index contributed by atoms with van der Waals surface area (Å²) in [6.07, 6.45) is 0. The second kappa shape index (κ2) is 4.18. The van der Waals surface area contributed by atoms with E-state index in [1.165, 1.54) is 0 Å². The number of nitrogens with zero attached hydrogens (tertiary/aromatic N) is 1. The number of aromatic nitrogens is 1. The molecule has 0 radical (unpaired) electrons. The molecular weight excluding hydrogens is 184 g/mol. The molecule has 0 fully saturated rings. The average molecular weight is 196 g/mol. The lowest BCUT2D eigenvalue weighted by Crippen LogP contribution is -2.10. The zero-order valence-electron chi connectivity index (χ0n) is 7.70. The van der Waals surface area contributed by atoms with E-state index in [4.69, 9.17) is 22.7 Å². The van der Waals surface area contributed by atoms with Gasteiger partial charge in [0.05, 0.1) is 6.61 Å². The molecule has 0 saturated carbocycles. The van der Waals surface area contributed by atoms with Crippen LogP contribution in [-0.4, -0.2) is 16.6 Å². The van der Waals surface area contributed by atoms with E-state index in [0.29, 0.717) is 17.5 Å². The summed E-state index contributed by atoms with van der Waals surface area (Å²) in [7, 11) is 0. The number of ether oxygens (including phenoxy) is 1. The van der Waals surface area contributed by atoms with Gasteiger partial charge in [-0.3, -0.25) is 0 Å². The smallest absolute Gasteiger partial charge is 0.214 e. The van der Waals surface area contributed by atoms with Crippen molar-refractivity contribution in [1.29, 1.82) is 0 Å². The van der Waals surface area contributed by atoms with E-state index >= 15 is 0 Å². The fourth-order valence-electron chi connectivity index (χ4n) is 1.00. The molecular formula is C9H12N2OS.